The summed E-state index contributed by atoms with van der Waals surface area (Å²) in [6.45, 7) is 1.79. The first kappa shape index (κ1) is 25.4. The molecule has 6 nitrogen and oxygen atoms in total. The molecule has 3 rings (SSSR count). The van der Waals surface area contributed by atoms with Gasteiger partial charge in [-0.2, -0.15) is 8.78 Å². The zero-order valence-electron chi connectivity index (χ0n) is 17.6. The monoisotopic (exact) mass is 566 g/mol. The lowest BCUT2D eigenvalue weighted by Gasteiger charge is -2.33. The molecule has 0 aliphatic carbocycles. The Morgan fingerprint density at radius 2 is 2.03 bits per heavy atom. The molecular formula is C21H29F2IN4O2S. The number of benzene rings is 1. The first-order valence-electron chi connectivity index (χ1n) is 10.0. The number of hydrogen-bond donors (Lipinski definition) is 2. The van der Waals surface area contributed by atoms with Crippen molar-refractivity contribution in [2.45, 2.75) is 39.0 Å². The minimum absolute atomic E-state index is 0. The third kappa shape index (κ3) is 7.67. The van der Waals surface area contributed by atoms with Crippen LogP contribution in [-0.4, -0.2) is 45.4 Å². The molecule has 1 saturated heterocycles. The number of anilines is 1. The van der Waals surface area contributed by atoms with Crippen molar-refractivity contribution >= 4 is 46.3 Å². The van der Waals surface area contributed by atoms with Crippen LogP contribution in [0.1, 0.15) is 25.3 Å². The molecule has 1 aromatic carbocycles. The second kappa shape index (κ2) is 12.9. The molecular weight excluding hydrogens is 537 g/mol. The van der Waals surface area contributed by atoms with Gasteiger partial charge in [0.1, 0.15) is 0 Å². The van der Waals surface area contributed by atoms with E-state index in [0.29, 0.717) is 24.9 Å². The summed E-state index contributed by atoms with van der Waals surface area (Å²) in [7, 11) is 1.74. The van der Waals surface area contributed by atoms with E-state index in [9.17, 15) is 8.78 Å². The summed E-state index contributed by atoms with van der Waals surface area (Å²) in [5.74, 6) is 1.06. The Morgan fingerprint density at radius 1 is 1.26 bits per heavy atom. The molecule has 2 heterocycles. The Labute approximate surface area is 203 Å². The molecule has 0 amide bonds. The lowest BCUT2D eigenvalue weighted by atomic mass is 10.1. The zero-order chi connectivity index (χ0) is 21.3. The number of halogens is 3. The van der Waals surface area contributed by atoms with Gasteiger partial charge in [0, 0.05) is 32.7 Å². The summed E-state index contributed by atoms with van der Waals surface area (Å²) in [6, 6.07) is 9.55. The summed E-state index contributed by atoms with van der Waals surface area (Å²) >= 11 is 1.77. The van der Waals surface area contributed by atoms with Crippen molar-refractivity contribution in [3.05, 3.63) is 41.3 Å². The molecule has 1 aliphatic heterocycles. The highest BCUT2D eigenvalue weighted by Crippen LogP contribution is 2.30. The number of rotatable bonds is 8. The van der Waals surface area contributed by atoms with Gasteiger partial charge in [-0.05, 0) is 55.0 Å². The van der Waals surface area contributed by atoms with Gasteiger partial charge in [-0.3, -0.25) is 4.99 Å². The molecule has 2 aromatic rings. The highest BCUT2D eigenvalue weighted by molar-refractivity contribution is 14.0. The van der Waals surface area contributed by atoms with Crippen LogP contribution in [0.4, 0.5) is 13.8 Å². The van der Waals surface area contributed by atoms with E-state index in [4.69, 9.17) is 4.74 Å². The van der Waals surface area contributed by atoms with Crippen LogP contribution in [0.5, 0.6) is 11.5 Å². The number of alkyl halides is 2. The van der Waals surface area contributed by atoms with Crippen LogP contribution in [0.2, 0.25) is 0 Å². The standard InChI is InChI=1S/C21H28F2N4O2S.HI/c1-3-28-18-13-15(6-7-17(18)29-20(22)23)14-25-21(24-2)26-16-8-10-27(11-9-16)19-5-4-12-30-19;/h4-7,12-13,16,20H,3,8-11,14H2,1-2H3,(H2,24,25,26);1H. The highest BCUT2D eigenvalue weighted by atomic mass is 127. The molecule has 10 heteroatoms. The van der Waals surface area contributed by atoms with Crippen LogP contribution < -0.4 is 25.0 Å². The van der Waals surface area contributed by atoms with E-state index in [-0.39, 0.29) is 29.7 Å². The molecule has 0 radical (unpaired) electrons. The van der Waals surface area contributed by atoms with Gasteiger partial charge in [0.25, 0.3) is 0 Å². The van der Waals surface area contributed by atoms with E-state index < -0.39 is 6.61 Å². The van der Waals surface area contributed by atoms with Gasteiger partial charge in [0.15, 0.2) is 17.5 Å². The number of thiophene rings is 1. The lowest BCUT2D eigenvalue weighted by Crippen LogP contribution is -2.48. The first-order valence-corrected chi connectivity index (χ1v) is 10.9. The zero-order valence-corrected chi connectivity index (χ0v) is 20.8. The minimum Gasteiger partial charge on any atom is -0.490 e. The fraction of sp³-hybridized carbons (Fsp3) is 0.476. The van der Waals surface area contributed by atoms with Crippen molar-refractivity contribution in [2.75, 3.05) is 31.6 Å². The van der Waals surface area contributed by atoms with Gasteiger partial charge in [-0.25, -0.2) is 0 Å². The minimum atomic E-state index is -2.89. The van der Waals surface area contributed by atoms with E-state index >= 15 is 0 Å². The molecule has 2 N–H and O–H groups in total. The predicted octanol–water partition coefficient (Wildman–Crippen LogP) is 4.70. The molecule has 31 heavy (non-hydrogen) atoms. The van der Waals surface area contributed by atoms with E-state index in [2.05, 4.69) is 42.8 Å². The number of hydrogen-bond acceptors (Lipinski definition) is 5. The fourth-order valence-electron chi connectivity index (χ4n) is 3.39. The number of ether oxygens (including phenoxy) is 2. The Bertz CT molecular complexity index is 816. The van der Waals surface area contributed by atoms with Gasteiger partial charge in [-0.1, -0.05) is 6.07 Å². The maximum Gasteiger partial charge on any atom is 0.387 e. The molecule has 1 aliphatic rings. The van der Waals surface area contributed by atoms with E-state index in [0.717, 1.165) is 37.5 Å². The van der Waals surface area contributed by atoms with Crippen molar-refractivity contribution in [3.63, 3.8) is 0 Å². The molecule has 0 unspecified atom stereocenters. The van der Waals surface area contributed by atoms with Gasteiger partial charge >= 0.3 is 6.61 Å². The predicted molar refractivity (Wildman–Crippen MR) is 133 cm³/mol. The Kier molecular flexibility index (Phi) is 10.6. The second-order valence-corrected chi connectivity index (χ2v) is 7.80. The topological polar surface area (TPSA) is 58.1 Å². The van der Waals surface area contributed by atoms with Crippen LogP contribution >= 0.6 is 35.3 Å². The van der Waals surface area contributed by atoms with Crippen LogP contribution in [-0.2, 0) is 6.54 Å². The third-order valence-corrected chi connectivity index (χ3v) is 5.79. The van der Waals surface area contributed by atoms with Crippen molar-refractivity contribution < 1.29 is 18.3 Å². The summed E-state index contributed by atoms with van der Waals surface area (Å²) in [5, 5.41) is 10.2. The quantitative estimate of drug-likeness (QED) is 0.276. The van der Waals surface area contributed by atoms with Crippen LogP contribution in [0, 0.1) is 0 Å². The average Bonchev–Trinajstić information content (AvgIpc) is 3.28. The lowest BCUT2D eigenvalue weighted by molar-refractivity contribution is -0.0514. The van der Waals surface area contributed by atoms with Gasteiger partial charge in [0.2, 0.25) is 0 Å². The smallest absolute Gasteiger partial charge is 0.387 e. The van der Waals surface area contributed by atoms with Crippen molar-refractivity contribution in [1.82, 2.24) is 10.6 Å². The van der Waals surface area contributed by atoms with E-state index in [1.165, 1.54) is 11.1 Å². The molecule has 1 fully saturated rings. The number of nitrogens with one attached hydrogen (secondary N) is 2. The van der Waals surface area contributed by atoms with Crippen molar-refractivity contribution in [2.24, 2.45) is 4.99 Å². The fourth-order valence-corrected chi connectivity index (χ4v) is 4.18. The highest BCUT2D eigenvalue weighted by Gasteiger charge is 2.20. The van der Waals surface area contributed by atoms with Gasteiger partial charge in [-0.15, -0.1) is 35.3 Å². The summed E-state index contributed by atoms with van der Waals surface area (Å²) in [6.07, 6.45) is 2.07. The molecule has 1 aromatic heterocycles. The molecule has 0 spiro atoms. The van der Waals surface area contributed by atoms with E-state index in [1.807, 2.05) is 0 Å². The van der Waals surface area contributed by atoms with Crippen molar-refractivity contribution in [3.8, 4) is 11.5 Å². The second-order valence-electron chi connectivity index (χ2n) is 6.88. The average molecular weight is 566 g/mol. The number of aliphatic imine (C=N–C) groups is 1. The Morgan fingerprint density at radius 3 is 2.65 bits per heavy atom. The normalized spacial score (nSPS) is 14.9. The maximum atomic E-state index is 12.6. The van der Waals surface area contributed by atoms with Crippen LogP contribution in [0.25, 0.3) is 0 Å². The number of guanidine groups is 1. The summed E-state index contributed by atoms with van der Waals surface area (Å²) < 4.78 is 35.1. The number of piperidine rings is 1. The molecule has 172 valence electrons. The molecule has 0 saturated carbocycles. The maximum absolute atomic E-state index is 12.6. The number of nitrogens with zero attached hydrogens (tertiary/aromatic N) is 2. The van der Waals surface area contributed by atoms with Gasteiger partial charge < -0.3 is 25.0 Å². The molecule has 0 atom stereocenters. The SMILES string of the molecule is CCOc1cc(CNC(=NC)NC2CCN(c3cccs3)CC2)ccc1OC(F)F.I. The van der Waals surface area contributed by atoms with Crippen LogP contribution in [0.3, 0.4) is 0 Å². The largest absolute Gasteiger partial charge is 0.490 e. The van der Waals surface area contributed by atoms with Gasteiger partial charge in [0.05, 0.1) is 11.6 Å². The third-order valence-electron chi connectivity index (χ3n) is 4.86. The van der Waals surface area contributed by atoms with E-state index in [1.54, 1.807) is 37.4 Å². The Balaban J connectivity index is 0.00000341. The van der Waals surface area contributed by atoms with Crippen molar-refractivity contribution in [1.29, 1.82) is 0 Å². The Hall–Kier alpha value is -1.82. The van der Waals surface area contributed by atoms with Crippen LogP contribution in [0.15, 0.2) is 40.7 Å². The summed E-state index contributed by atoms with van der Waals surface area (Å²) in [5.41, 5.74) is 0.885. The molecule has 0 bridgehead atoms. The summed E-state index contributed by atoms with van der Waals surface area (Å²) in [4.78, 5) is 6.72. The first-order chi connectivity index (χ1) is 14.6.